The number of hydrogen-bond donors (Lipinski definition) is 2. The van der Waals surface area contributed by atoms with Crippen molar-refractivity contribution in [1.29, 1.82) is 0 Å². The Morgan fingerprint density at radius 1 is 1.16 bits per heavy atom. The summed E-state index contributed by atoms with van der Waals surface area (Å²) in [6.07, 6.45) is 4.12. The van der Waals surface area contributed by atoms with E-state index in [0.29, 0.717) is 10.8 Å². The van der Waals surface area contributed by atoms with Gasteiger partial charge in [0.1, 0.15) is 4.21 Å². The summed E-state index contributed by atoms with van der Waals surface area (Å²) in [6.45, 7) is 6.42. The van der Waals surface area contributed by atoms with E-state index in [1.165, 1.54) is 11.3 Å². The van der Waals surface area contributed by atoms with E-state index in [9.17, 15) is 8.42 Å². The van der Waals surface area contributed by atoms with E-state index in [4.69, 9.17) is 0 Å². The Kier molecular flexibility index (Phi) is 7.60. The van der Waals surface area contributed by atoms with Crippen LogP contribution < -0.4 is 10.0 Å². The molecule has 4 nitrogen and oxygen atoms in total. The Morgan fingerprint density at radius 2 is 1.95 bits per heavy atom. The zero-order chi connectivity index (χ0) is 14.1. The van der Waals surface area contributed by atoms with E-state index in [1.54, 1.807) is 6.07 Å². The largest absolute Gasteiger partial charge is 0.313 e. The SMILES string of the molecule is CCCCCNS(=O)(=O)c1cc(CNCCC)cs1. The number of sulfonamides is 1. The molecule has 0 aliphatic heterocycles. The van der Waals surface area contributed by atoms with E-state index in [1.807, 2.05) is 5.38 Å². The standard InChI is InChI=1S/C13H24N2O2S2/c1-3-5-6-8-15-19(16,17)13-9-12(11-18-13)10-14-7-4-2/h9,11,14-15H,3-8,10H2,1-2H3. The van der Waals surface area contributed by atoms with Gasteiger partial charge in [-0.2, -0.15) is 0 Å². The normalized spacial score (nSPS) is 11.9. The summed E-state index contributed by atoms with van der Waals surface area (Å²) >= 11 is 1.29. The molecule has 0 aliphatic rings. The smallest absolute Gasteiger partial charge is 0.250 e. The van der Waals surface area contributed by atoms with Crippen LogP contribution in [-0.2, 0) is 16.6 Å². The maximum absolute atomic E-state index is 12.0. The molecule has 6 heteroatoms. The van der Waals surface area contributed by atoms with Crippen LogP contribution in [0.25, 0.3) is 0 Å². The third-order valence-corrected chi connectivity index (χ3v) is 5.67. The lowest BCUT2D eigenvalue weighted by Gasteiger charge is -2.03. The first-order valence-corrected chi connectivity index (χ1v) is 9.24. The first-order valence-electron chi connectivity index (χ1n) is 6.88. The van der Waals surface area contributed by atoms with Crippen LogP contribution in [0, 0.1) is 0 Å². The van der Waals surface area contributed by atoms with Gasteiger partial charge in [0.25, 0.3) is 0 Å². The molecule has 0 aromatic carbocycles. The molecule has 0 atom stereocenters. The Labute approximate surface area is 120 Å². The van der Waals surface area contributed by atoms with Crippen molar-refractivity contribution in [2.75, 3.05) is 13.1 Å². The van der Waals surface area contributed by atoms with Gasteiger partial charge in [-0.3, -0.25) is 0 Å². The van der Waals surface area contributed by atoms with Crippen LogP contribution in [0.2, 0.25) is 0 Å². The van der Waals surface area contributed by atoms with Gasteiger partial charge in [-0.15, -0.1) is 11.3 Å². The van der Waals surface area contributed by atoms with Gasteiger partial charge in [0.05, 0.1) is 0 Å². The van der Waals surface area contributed by atoms with E-state index >= 15 is 0 Å². The summed E-state index contributed by atoms with van der Waals surface area (Å²) in [5, 5.41) is 5.17. The predicted octanol–water partition coefficient (Wildman–Crippen LogP) is 2.72. The Hall–Kier alpha value is -0.430. The van der Waals surface area contributed by atoms with E-state index < -0.39 is 10.0 Å². The van der Waals surface area contributed by atoms with Crippen molar-refractivity contribution in [3.8, 4) is 0 Å². The molecule has 0 unspecified atom stereocenters. The second kappa shape index (κ2) is 8.68. The molecule has 0 fully saturated rings. The summed E-state index contributed by atoms with van der Waals surface area (Å²) in [5.74, 6) is 0. The average Bonchev–Trinajstić information content (AvgIpc) is 2.85. The molecule has 0 saturated carbocycles. The zero-order valence-electron chi connectivity index (χ0n) is 11.7. The van der Waals surface area contributed by atoms with E-state index in [-0.39, 0.29) is 0 Å². The number of nitrogens with one attached hydrogen (secondary N) is 2. The fraction of sp³-hybridized carbons (Fsp3) is 0.692. The average molecular weight is 304 g/mol. The molecular weight excluding hydrogens is 280 g/mol. The third-order valence-electron chi connectivity index (χ3n) is 2.72. The molecule has 0 bridgehead atoms. The van der Waals surface area contributed by atoms with E-state index in [2.05, 4.69) is 23.9 Å². The molecule has 0 radical (unpaired) electrons. The Balaban J connectivity index is 2.49. The van der Waals surface area contributed by atoms with Gasteiger partial charge in [0.15, 0.2) is 0 Å². The highest BCUT2D eigenvalue weighted by atomic mass is 32.2. The monoisotopic (exact) mass is 304 g/mol. The highest BCUT2D eigenvalue weighted by Gasteiger charge is 2.15. The maximum atomic E-state index is 12.0. The first-order chi connectivity index (χ1) is 9.10. The molecule has 1 aromatic heterocycles. The fourth-order valence-corrected chi connectivity index (χ4v) is 3.98. The van der Waals surface area contributed by atoms with Crippen LogP contribution in [0.15, 0.2) is 15.7 Å². The van der Waals surface area contributed by atoms with Crippen molar-refractivity contribution in [1.82, 2.24) is 10.0 Å². The molecule has 0 amide bonds. The minimum atomic E-state index is -3.31. The van der Waals surface area contributed by atoms with Crippen molar-refractivity contribution in [3.05, 3.63) is 17.0 Å². The summed E-state index contributed by atoms with van der Waals surface area (Å²) < 4.78 is 27.1. The lowest BCUT2D eigenvalue weighted by molar-refractivity contribution is 0.578. The molecule has 1 heterocycles. The van der Waals surface area contributed by atoms with Gasteiger partial charge in [0.2, 0.25) is 10.0 Å². The topological polar surface area (TPSA) is 58.2 Å². The van der Waals surface area contributed by atoms with Crippen LogP contribution in [-0.4, -0.2) is 21.5 Å². The molecule has 0 saturated heterocycles. The molecule has 1 aromatic rings. The minimum absolute atomic E-state index is 0.414. The second-order valence-electron chi connectivity index (χ2n) is 4.56. The second-order valence-corrected chi connectivity index (χ2v) is 7.46. The van der Waals surface area contributed by atoms with Crippen LogP contribution in [0.3, 0.4) is 0 Å². The molecule has 19 heavy (non-hydrogen) atoms. The first kappa shape index (κ1) is 16.6. The molecule has 0 spiro atoms. The van der Waals surface area contributed by atoms with Gasteiger partial charge in [-0.1, -0.05) is 26.7 Å². The van der Waals surface area contributed by atoms with Crippen molar-refractivity contribution < 1.29 is 8.42 Å². The van der Waals surface area contributed by atoms with Crippen molar-refractivity contribution in [2.45, 2.75) is 50.3 Å². The summed E-state index contributed by atoms with van der Waals surface area (Å²) in [6, 6.07) is 1.76. The lowest BCUT2D eigenvalue weighted by atomic mass is 10.3. The Morgan fingerprint density at radius 3 is 2.63 bits per heavy atom. The number of hydrogen-bond acceptors (Lipinski definition) is 4. The van der Waals surface area contributed by atoms with Crippen molar-refractivity contribution >= 4 is 21.4 Å². The summed E-state index contributed by atoms with van der Waals surface area (Å²) in [4.78, 5) is 0. The molecule has 1 rings (SSSR count). The maximum Gasteiger partial charge on any atom is 0.250 e. The van der Waals surface area contributed by atoms with Crippen LogP contribution in [0.4, 0.5) is 0 Å². The highest BCUT2D eigenvalue weighted by Crippen LogP contribution is 2.20. The van der Waals surface area contributed by atoms with Crippen LogP contribution in [0.5, 0.6) is 0 Å². The van der Waals surface area contributed by atoms with Gasteiger partial charge in [0, 0.05) is 13.1 Å². The van der Waals surface area contributed by atoms with Crippen LogP contribution in [0.1, 0.15) is 45.1 Å². The van der Waals surface area contributed by atoms with Gasteiger partial charge < -0.3 is 5.32 Å². The molecule has 0 aliphatic carbocycles. The van der Waals surface area contributed by atoms with Crippen molar-refractivity contribution in [3.63, 3.8) is 0 Å². The van der Waals surface area contributed by atoms with Gasteiger partial charge in [-0.05, 0) is 36.4 Å². The highest BCUT2D eigenvalue weighted by molar-refractivity contribution is 7.91. The van der Waals surface area contributed by atoms with E-state index in [0.717, 1.165) is 44.3 Å². The number of thiophene rings is 1. The number of rotatable bonds is 10. The Bertz CT molecular complexity index is 455. The number of unbranched alkanes of at least 4 members (excludes halogenated alkanes) is 2. The quantitative estimate of drug-likeness (QED) is 0.653. The third kappa shape index (κ3) is 6.03. The van der Waals surface area contributed by atoms with Gasteiger partial charge in [-0.25, -0.2) is 13.1 Å². The molecule has 2 N–H and O–H groups in total. The lowest BCUT2D eigenvalue weighted by Crippen LogP contribution is -2.24. The molecule has 110 valence electrons. The summed E-state index contributed by atoms with van der Waals surface area (Å²) in [7, 11) is -3.31. The van der Waals surface area contributed by atoms with Crippen LogP contribution >= 0.6 is 11.3 Å². The van der Waals surface area contributed by atoms with Gasteiger partial charge >= 0.3 is 0 Å². The molecular formula is C13H24N2O2S2. The summed E-state index contributed by atoms with van der Waals surface area (Å²) in [5.41, 5.74) is 1.03. The minimum Gasteiger partial charge on any atom is -0.313 e. The fourth-order valence-electron chi connectivity index (χ4n) is 1.65. The predicted molar refractivity (Wildman–Crippen MR) is 81.0 cm³/mol. The van der Waals surface area contributed by atoms with Crippen molar-refractivity contribution in [2.24, 2.45) is 0 Å². The zero-order valence-corrected chi connectivity index (χ0v) is 13.4.